The Morgan fingerprint density at radius 2 is 2.03 bits per heavy atom. The van der Waals surface area contributed by atoms with Crippen LogP contribution in [0.2, 0.25) is 0 Å². The minimum absolute atomic E-state index is 0.00419. The normalized spacial score (nSPS) is 19.7. The maximum atomic E-state index is 14.1. The molecular weight excluding hydrogens is 406 g/mol. The van der Waals surface area contributed by atoms with E-state index < -0.39 is 24.8 Å². The fraction of sp³-hybridized carbons (Fsp3) is 0.474. The molecule has 0 bridgehead atoms. The molecule has 1 saturated heterocycles. The van der Waals surface area contributed by atoms with Gasteiger partial charge in [0.15, 0.2) is 0 Å². The minimum atomic E-state index is -4.25. The van der Waals surface area contributed by atoms with Gasteiger partial charge in [0.2, 0.25) is 17.7 Å². The lowest BCUT2D eigenvalue weighted by molar-refractivity contribution is -0.135. The molecule has 1 aliphatic rings. The summed E-state index contributed by atoms with van der Waals surface area (Å²) in [6.07, 6.45) is -5.04. The van der Waals surface area contributed by atoms with Crippen LogP contribution in [0.3, 0.4) is 0 Å². The summed E-state index contributed by atoms with van der Waals surface area (Å²) >= 11 is 0. The summed E-state index contributed by atoms with van der Waals surface area (Å²) in [7, 11) is 0. The van der Waals surface area contributed by atoms with E-state index >= 15 is 0 Å². The van der Waals surface area contributed by atoms with Crippen molar-refractivity contribution < 1.29 is 26.8 Å². The summed E-state index contributed by atoms with van der Waals surface area (Å²) in [5.74, 6) is -0.274. The molecule has 0 spiro atoms. The molecule has 3 heterocycles. The number of amides is 1. The van der Waals surface area contributed by atoms with Crippen LogP contribution in [-0.4, -0.2) is 49.7 Å². The Labute approximate surface area is 168 Å². The van der Waals surface area contributed by atoms with Gasteiger partial charge in [-0.15, -0.1) is 10.2 Å². The summed E-state index contributed by atoms with van der Waals surface area (Å²) in [6.45, 7) is -0.197. The first-order valence-electron chi connectivity index (χ1n) is 9.53. The lowest BCUT2D eigenvalue weighted by Crippen LogP contribution is -2.34. The van der Waals surface area contributed by atoms with Crippen LogP contribution in [0.15, 0.2) is 34.9 Å². The summed E-state index contributed by atoms with van der Waals surface area (Å²) in [5, 5.41) is 12.7. The SMILES string of the molecule is O=C(Cn1ncc2ccccc21)N1C[C@H](F)C[C@H]1c1nnc(CCCC(F)(F)F)o1. The van der Waals surface area contributed by atoms with Crippen LogP contribution < -0.4 is 0 Å². The third-order valence-electron chi connectivity index (χ3n) is 5.02. The van der Waals surface area contributed by atoms with Gasteiger partial charge in [0.05, 0.1) is 18.3 Å². The Hall–Kier alpha value is -2.98. The number of carbonyl (C=O) groups is 1. The molecule has 11 heteroatoms. The largest absolute Gasteiger partial charge is 0.423 e. The topological polar surface area (TPSA) is 77.1 Å². The van der Waals surface area contributed by atoms with E-state index in [-0.39, 0.29) is 50.0 Å². The minimum Gasteiger partial charge on any atom is -0.423 e. The number of likely N-dealkylation sites (tertiary alicyclic amines) is 1. The third kappa shape index (κ3) is 4.44. The monoisotopic (exact) mass is 425 g/mol. The number of carbonyl (C=O) groups excluding carboxylic acids is 1. The second kappa shape index (κ2) is 8.04. The van der Waals surface area contributed by atoms with Crippen molar-refractivity contribution in [1.82, 2.24) is 24.9 Å². The number of rotatable bonds is 6. The smallest absolute Gasteiger partial charge is 0.389 e. The first-order valence-corrected chi connectivity index (χ1v) is 9.53. The van der Waals surface area contributed by atoms with E-state index in [1.807, 2.05) is 24.3 Å². The summed E-state index contributed by atoms with van der Waals surface area (Å²) in [6, 6.07) is 6.65. The summed E-state index contributed by atoms with van der Waals surface area (Å²) < 4.78 is 58.0. The predicted octanol–water partition coefficient (Wildman–Crippen LogP) is 3.62. The van der Waals surface area contributed by atoms with Gasteiger partial charge in [0, 0.05) is 24.6 Å². The van der Waals surface area contributed by atoms with Crippen LogP contribution in [0.4, 0.5) is 17.6 Å². The van der Waals surface area contributed by atoms with Gasteiger partial charge in [-0.1, -0.05) is 18.2 Å². The van der Waals surface area contributed by atoms with Gasteiger partial charge in [-0.25, -0.2) is 4.39 Å². The molecule has 2 aromatic heterocycles. The molecule has 0 saturated carbocycles. The van der Waals surface area contributed by atoms with Gasteiger partial charge in [0.25, 0.3) is 0 Å². The van der Waals surface area contributed by atoms with Crippen LogP contribution in [0.1, 0.15) is 37.1 Å². The average Bonchev–Trinajstić information content (AvgIpc) is 3.40. The Morgan fingerprint density at radius 3 is 2.83 bits per heavy atom. The number of hydrogen-bond acceptors (Lipinski definition) is 5. The molecule has 0 aliphatic carbocycles. The molecule has 1 aliphatic heterocycles. The zero-order valence-electron chi connectivity index (χ0n) is 15.8. The van der Waals surface area contributed by atoms with Crippen molar-refractivity contribution in [2.24, 2.45) is 0 Å². The molecule has 3 aromatic rings. The van der Waals surface area contributed by atoms with Crippen molar-refractivity contribution in [3.8, 4) is 0 Å². The number of benzene rings is 1. The molecule has 1 fully saturated rings. The zero-order valence-corrected chi connectivity index (χ0v) is 15.8. The molecule has 4 rings (SSSR count). The fourth-order valence-corrected chi connectivity index (χ4v) is 3.61. The molecular formula is C19H19F4N5O2. The fourth-order valence-electron chi connectivity index (χ4n) is 3.61. The van der Waals surface area contributed by atoms with Gasteiger partial charge in [-0.05, 0) is 12.5 Å². The number of aromatic nitrogens is 4. The highest BCUT2D eigenvalue weighted by Crippen LogP contribution is 2.33. The Balaban J connectivity index is 1.45. The molecule has 0 N–H and O–H groups in total. The standard InChI is InChI=1S/C19H19F4N5O2/c20-13-8-15(18-26-25-16(30-18)6-3-7-19(21,22)23)27(10-13)17(29)11-28-14-5-2-1-4-12(14)9-24-28/h1-2,4-5,9,13,15H,3,6-8,10-11H2/t13-,15+/m1/s1. The number of halogens is 4. The summed E-state index contributed by atoms with van der Waals surface area (Å²) in [5.41, 5.74) is 0.781. The lowest BCUT2D eigenvalue weighted by Gasteiger charge is -2.21. The number of alkyl halides is 4. The van der Waals surface area contributed by atoms with Crippen molar-refractivity contribution >= 4 is 16.8 Å². The number of hydrogen-bond donors (Lipinski definition) is 0. The van der Waals surface area contributed by atoms with E-state index in [0.29, 0.717) is 0 Å². The maximum Gasteiger partial charge on any atom is 0.389 e. The van der Waals surface area contributed by atoms with Crippen molar-refractivity contribution in [3.05, 3.63) is 42.2 Å². The maximum absolute atomic E-state index is 14.1. The van der Waals surface area contributed by atoms with Crippen LogP contribution in [-0.2, 0) is 17.8 Å². The van der Waals surface area contributed by atoms with Crippen molar-refractivity contribution in [2.75, 3.05) is 6.54 Å². The first-order chi connectivity index (χ1) is 14.3. The molecule has 1 amide bonds. The van der Waals surface area contributed by atoms with E-state index in [1.54, 1.807) is 6.20 Å². The highest BCUT2D eigenvalue weighted by molar-refractivity contribution is 5.82. The molecule has 160 valence electrons. The van der Waals surface area contributed by atoms with Crippen molar-refractivity contribution in [3.63, 3.8) is 0 Å². The average molecular weight is 425 g/mol. The van der Waals surface area contributed by atoms with E-state index in [2.05, 4.69) is 15.3 Å². The summed E-state index contributed by atoms with van der Waals surface area (Å²) in [4.78, 5) is 14.2. The molecule has 0 unspecified atom stereocenters. The number of nitrogens with zero attached hydrogens (tertiary/aromatic N) is 5. The molecule has 0 radical (unpaired) electrons. The van der Waals surface area contributed by atoms with Crippen LogP contribution in [0.5, 0.6) is 0 Å². The van der Waals surface area contributed by atoms with Crippen molar-refractivity contribution in [2.45, 2.75) is 50.6 Å². The molecule has 30 heavy (non-hydrogen) atoms. The van der Waals surface area contributed by atoms with Gasteiger partial charge < -0.3 is 9.32 Å². The second-order valence-corrected chi connectivity index (χ2v) is 7.26. The van der Waals surface area contributed by atoms with E-state index in [9.17, 15) is 22.4 Å². The van der Waals surface area contributed by atoms with Gasteiger partial charge in [-0.3, -0.25) is 9.48 Å². The molecule has 2 atom stereocenters. The van der Waals surface area contributed by atoms with Gasteiger partial charge in [-0.2, -0.15) is 18.3 Å². The number of aryl methyl sites for hydroxylation is 1. The Bertz CT molecular complexity index is 1030. The van der Waals surface area contributed by atoms with Crippen LogP contribution in [0, 0.1) is 0 Å². The van der Waals surface area contributed by atoms with E-state index in [1.165, 1.54) is 9.58 Å². The van der Waals surface area contributed by atoms with E-state index in [0.717, 1.165) is 10.9 Å². The second-order valence-electron chi connectivity index (χ2n) is 7.26. The molecule has 1 aromatic carbocycles. The van der Waals surface area contributed by atoms with Crippen molar-refractivity contribution in [1.29, 1.82) is 0 Å². The predicted molar refractivity (Wildman–Crippen MR) is 97.0 cm³/mol. The number of para-hydroxylation sites is 1. The van der Waals surface area contributed by atoms with E-state index in [4.69, 9.17) is 4.42 Å². The lowest BCUT2D eigenvalue weighted by atomic mass is 10.2. The molecule has 7 nitrogen and oxygen atoms in total. The zero-order chi connectivity index (χ0) is 21.3. The number of fused-ring (bicyclic) bond motifs is 1. The van der Waals surface area contributed by atoms with Gasteiger partial charge >= 0.3 is 6.18 Å². The van der Waals surface area contributed by atoms with Crippen LogP contribution in [0.25, 0.3) is 10.9 Å². The first kappa shape index (κ1) is 20.3. The van der Waals surface area contributed by atoms with Gasteiger partial charge in [0.1, 0.15) is 18.8 Å². The quantitative estimate of drug-likeness (QED) is 0.564. The highest BCUT2D eigenvalue weighted by Gasteiger charge is 2.39. The third-order valence-corrected chi connectivity index (χ3v) is 5.02. The van der Waals surface area contributed by atoms with Crippen LogP contribution >= 0.6 is 0 Å². The Kier molecular flexibility index (Phi) is 5.44. The highest BCUT2D eigenvalue weighted by atomic mass is 19.4. The Morgan fingerprint density at radius 1 is 1.23 bits per heavy atom.